The molecule has 0 aliphatic carbocycles. The number of hydrogen-bond donors (Lipinski definition) is 0. The summed E-state index contributed by atoms with van der Waals surface area (Å²) < 4.78 is 2.39. The Morgan fingerprint density at radius 2 is 1.91 bits per heavy atom. The van der Waals surface area contributed by atoms with Gasteiger partial charge in [0.15, 0.2) is 0 Å². The van der Waals surface area contributed by atoms with Crippen molar-refractivity contribution in [1.29, 1.82) is 5.26 Å². The number of nitriles is 1. The van der Waals surface area contributed by atoms with Crippen molar-refractivity contribution >= 4 is 28.7 Å². The number of rotatable bonds is 4. The van der Waals surface area contributed by atoms with Crippen LogP contribution in [0.4, 0.5) is 0 Å². The van der Waals surface area contributed by atoms with Crippen LogP contribution in [-0.2, 0) is 16.8 Å². The summed E-state index contributed by atoms with van der Waals surface area (Å²) in [4.78, 5) is 20.7. The minimum absolute atomic E-state index is 0.0696. The lowest BCUT2D eigenvalue weighted by molar-refractivity contribution is -0.130. The molecule has 0 unspecified atom stereocenters. The number of nitrogens with zero attached hydrogens (tertiary/aromatic N) is 4. The fourth-order valence-electron chi connectivity index (χ4n) is 4.39. The Morgan fingerprint density at radius 3 is 2.56 bits per heavy atom. The topological polar surface area (TPSA) is 61.9 Å². The lowest BCUT2D eigenvalue weighted by atomic mass is 9.93. The summed E-state index contributed by atoms with van der Waals surface area (Å²) in [6, 6.07) is 16.4. The number of fused-ring (bicyclic) bond motifs is 1. The Balaban J connectivity index is 1.64. The third-order valence-corrected chi connectivity index (χ3v) is 7.19. The van der Waals surface area contributed by atoms with Crippen molar-refractivity contribution in [3.63, 3.8) is 0 Å². The van der Waals surface area contributed by atoms with Gasteiger partial charge in [-0.05, 0) is 49.1 Å². The molecule has 3 aromatic rings. The Morgan fingerprint density at radius 1 is 1.19 bits per heavy atom. The van der Waals surface area contributed by atoms with Gasteiger partial charge >= 0.3 is 0 Å². The highest BCUT2D eigenvalue weighted by Gasteiger charge is 2.27. The van der Waals surface area contributed by atoms with E-state index in [-0.39, 0.29) is 11.3 Å². The Bertz CT molecular complexity index is 1180. The summed E-state index contributed by atoms with van der Waals surface area (Å²) in [6.45, 7) is 10.9. The summed E-state index contributed by atoms with van der Waals surface area (Å²) in [5.74, 6) is 1.82. The van der Waals surface area contributed by atoms with Crippen molar-refractivity contribution in [2.24, 2.45) is 5.92 Å². The molecule has 2 aromatic carbocycles. The zero-order valence-corrected chi connectivity index (χ0v) is 20.1. The highest BCUT2D eigenvalue weighted by Crippen LogP contribution is 2.34. The summed E-state index contributed by atoms with van der Waals surface area (Å²) in [5, 5.41) is 9.40. The molecule has 1 aliphatic heterocycles. The van der Waals surface area contributed by atoms with Gasteiger partial charge in [-0.1, -0.05) is 44.7 Å². The minimum Gasteiger partial charge on any atom is -0.343 e. The lowest BCUT2D eigenvalue weighted by Crippen LogP contribution is -2.38. The van der Waals surface area contributed by atoms with Gasteiger partial charge in [-0.25, -0.2) is 4.98 Å². The average molecular weight is 447 g/mol. The summed E-state index contributed by atoms with van der Waals surface area (Å²) in [6.07, 6.45) is 2.06. The zero-order valence-electron chi connectivity index (χ0n) is 19.3. The van der Waals surface area contributed by atoms with E-state index in [1.54, 1.807) is 18.7 Å². The smallest absolute Gasteiger partial charge is 0.219 e. The monoisotopic (exact) mass is 446 g/mol. The molecule has 5 nitrogen and oxygen atoms in total. The molecule has 2 heterocycles. The van der Waals surface area contributed by atoms with Crippen LogP contribution in [0.25, 0.3) is 11.0 Å². The van der Waals surface area contributed by atoms with E-state index in [2.05, 4.69) is 49.6 Å². The first-order valence-electron chi connectivity index (χ1n) is 11.2. The van der Waals surface area contributed by atoms with Gasteiger partial charge in [0.1, 0.15) is 11.9 Å². The van der Waals surface area contributed by atoms with Gasteiger partial charge in [0.25, 0.3) is 0 Å². The second-order valence-corrected chi connectivity index (χ2v) is 10.7. The number of amides is 1. The SMILES string of the molecule is CC(=O)N1CCC(Cn2c(C(C)(C)C)nc3cc(Sc4ccccc4C#N)ccc32)CC1. The first kappa shape index (κ1) is 22.4. The van der Waals surface area contributed by atoms with Crippen LogP contribution in [0.5, 0.6) is 0 Å². The molecule has 6 heteroatoms. The molecule has 1 fully saturated rings. The molecule has 0 N–H and O–H groups in total. The highest BCUT2D eigenvalue weighted by molar-refractivity contribution is 7.99. The Hall–Kier alpha value is -2.78. The fraction of sp³-hybridized carbons (Fsp3) is 0.423. The quantitative estimate of drug-likeness (QED) is 0.522. The molecule has 0 spiro atoms. The van der Waals surface area contributed by atoms with Gasteiger partial charge in [-0.15, -0.1) is 0 Å². The molecule has 0 saturated carbocycles. The number of imidazole rings is 1. The van der Waals surface area contributed by atoms with E-state index in [9.17, 15) is 10.1 Å². The van der Waals surface area contributed by atoms with Crippen molar-refractivity contribution in [2.45, 2.75) is 62.3 Å². The molecule has 166 valence electrons. The maximum atomic E-state index is 11.7. The van der Waals surface area contributed by atoms with Crippen LogP contribution >= 0.6 is 11.8 Å². The standard InChI is InChI=1S/C26H30N4OS/c1-18(31)29-13-11-19(12-14-29)17-30-23-10-9-21(15-22(23)28-25(30)26(2,3)4)32-24-8-6-5-7-20(24)16-27/h5-10,15,19H,11-14,17H2,1-4H3. The van der Waals surface area contributed by atoms with E-state index in [1.165, 1.54) is 0 Å². The first-order chi connectivity index (χ1) is 15.3. The zero-order chi connectivity index (χ0) is 22.9. The maximum absolute atomic E-state index is 11.7. The van der Waals surface area contributed by atoms with Crippen LogP contribution < -0.4 is 0 Å². The minimum atomic E-state index is -0.0696. The molecule has 32 heavy (non-hydrogen) atoms. The van der Waals surface area contributed by atoms with Crippen molar-refractivity contribution < 1.29 is 4.79 Å². The number of hydrogen-bond acceptors (Lipinski definition) is 4. The van der Waals surface area contributed by atoms with Crippen molar-refractivity contribution in [3.05, 3.63) is 53.9 Å². The van der Waals surface area contributed by atoms with Gasteiger partial charge in [0, 0.05) is 41.8 Å². The van der Waals surface area contributed by atoms with Crippen LogP contribution in [0.2, 0.25) is 0 Å². The van der Waals surface area contributed by atoms with E-state index < -0.39 is 0 Å². The maximum Gasteiger partial charge on any atom is 0.219 e. The molecular weight excluding hydrogens is 416 g/mol. The fourth-order valence-corrected chi connectivity index (χ4v) is 5.32. The number of piperidine rings is 1. The van der Waals surface area contributed by atoms with Crippen molar-refractivity contribution in [2.75, 3.05) is 13.1 Å². The predicted molar refractivity (Wildman–Crippen MR) is 129 cm³/mol. The largest absolute Gasteiger partial charge is 0.343 e. The van der Waals surface area contributed by atoms with Crippen molar-refractivity contribution in [3.8, 4) is 6.07 Å². The summed E-state index contributed by atoms with van der Waals surface area (Å²) in [5.41, 5.74) is 2.77. The molecule has 1 amide bonds. The molecule has 4 rings (SSSR count). The summed E-state index contributed by atoms with van der Waals surface area (Å²) in [7, 11) is 0. The molecule has 0 bridgehead atoms. The average Bonchev–Trinajstić information content (AvgIpc) is 3.12. The van der Waals surface area contributed by atoms with Crippen LogP contribution in [-0.4, -0.2) is 33.4 Å². The van der Waals surface area contributed by atoms with Gasteiger partial charge in [-0.3, -0.25) is 4.79 Å². The third-order valence-electron chi connectivity index (χ3n) is 6.13. The number of carbonyl (C=O) groups is 1. The number of carbonyl (C=O) groups excluding carboxylic acids is 1. The normalized spacial score (nSPS) is 15.2. The van der Waals surface area contributed by atoms with E-state index >= 15 is 0 Å². The second-order valence-electron chi connectivity index (χ2n) is 9.61. The Labute approximate surface area is 194 Å². The van der Waals surface area contributed by atoms with Crippen LogP contribution in [0.3, 0.4) is 0 Å². The van der Waals surface area contributed by atoms with Gasteiger partial charge in [0.05, 0.1) is 16.6 Å². The van der Waals surface area contributed by atoms with Gasteiger partial charge in [0.2, 0.25) is 5.91 Å². The molecule has 1 saturated heterocycles. The van der Waals surface area contributed by atoms with Gasteiger partial charge < -0.3 is 9.47 Å². The lowest BCUT2D eigenvalue weighted by Gasteiger charge is -2.32. The number of aromatic nitrogens is 2. The van der Waals surface area contributed by atoms with E-state index in [0.29, 0.717) is 11.5 Å². The predicted octanol–water partition coefficient (Wildman–Crippen LogP) is 5.62. The molecule has 1 aromatic heterocycles. The second kappa shape index (κ2) is 8.99. The first-order valence-corrected chi connectivity index (χ1v) is 12.0. The van der Waals surface area contributed by atoms with Crippen molar-refractivity contribution in [1.82, 2.24) is 14.5 Å². The van der Waals surface area contributed by atoms with Crippen LogP contribution in [0.15, 0.2) is 52.3 Å². The third kappa shape index (κ3) is 4.68. The van der Waals surface area contributed by atoms with E-state index in [1.807, 2.05) is 29.2 Å². The van der Waals surface area contributed by atoms with Crippen LogP contribution in [0.1, 0.15) is 51.9 Å². The molecule has 0 radical (unpaired) electrons. The Kier molecular flexibility index (Phi) is 6.30. The van der Waals surface area contributed by atoms with E-state index in [0.717, 1.165) is 59.1 Å². The highest BCUT2D eigenvalue weighted by atomic mass is 32.2. The van der Waals surface area contributed by atoms with Crippen LogP contribution in [0, 0.1) is 17.2 Å². The molecule has 0 atom stereocenters. The molecular formula is C26H30N4OS. The number of benzene rings is 2. The van der Waals surface area contributed by atoms with Gasteiger partial charge in [-0.2, -0.15) is 5.26 Å². The number of likely N-dealkylation sites (tertiary alicyclic amines) is 1. The van der Waals surface area contributed by atoms with E-state index in [4.69, 9.17) is 4.98 Å². The molecule has 1 aliphatic rings. The summed E-state index contributed by atoms with van der Waals surface area (Å²) >= 11 is 1.61.